The SMILES string of the molecule is c1cc(OC2CC2)cc(-c2ccc(CNC3CC3)o2)c1. The Balaban J connectivity index is 1.47. The van der Waals surface area contributed by atoms with Gasteiger partial charge >= 0.3 is 0 Å². The van der Waals surface area contributed by atoms with Gasteiger partial charge in [0.15, 0.2) is 0 Å². The Hall–Kier alpha value is -1.74. The summed E-state index contributed by atoms with van der Waals surface area (Å²) in [6.45, 7) is 0.822. The predicted molar refractivity (Wildman–Crippen MR) is 77.7 cm³/mol. The molecular weight excluding hydrogens is 250 g/mol. The molecule has 0 aliphatic heterocycles. The summed E-state index contributed by atoms with van der Waals surface area (Å²) in [6, 6.07) is 13.0. The number of furan rings is 1. The first-order valence-corrected chi connectivity index (χ1v) is 7.46. The first kappa shape index (κ1) is 12.0. The average Bonchev–Trinajstić information content (AvgIpc) is 3.39. The zero-order valence-electron chi connectivity index (χ0n) is 11.5. The molecule has 104 valence electrons. The maximum atomic E-state index is 5.91. The van der Waals surface area contributed by atoms with Gasteiger partial charge < -0.3 is 14.5 Å². The summed E-state index contributed by atoms with van der Waals surface area (Å²) in [5, 5.41) is 3.46. The summed E-state index contributed by atoms with van der Waals surface area (Å²) in [6.07, 6.45) is 5.40. The summed E-state index contributed by atoms with van der Waals surface area (Å²) in [7, 11) is 0. The molecule has 4 rings (SSSR count). The van der Waals surface area contributed by atoms with E-state index in [1.807, 2.05) is 18.2 Å². The molecule has 3 nitrogen and oxygen atoms in total. The Morgan fingerprint density at radius 1 is 1.10 bits per heavy atom. The maximum Gasteiger partial charge on any atom is 0.134 e. The molecule has 1 heterocycles. The van der Waals surface area contributed by atoms with E-state index in [1.165, 1.54) is 25.7 Å². The molecule has 0 saturated heterocycles. The number of benzene rings is 1. The molecule has 2 aliphatic carbocycles. The van der Waals surface area contributed by atoms with Crippen molar-refractivity contribution in [2.24, 2.45) is 0 Å². The standard InChI is InChI=1S/C17H19NO2/c1-2-12(10-15(3-1)19-14-6-7-14)17-9-8-16(20-17)11-18-13-4-5-13/h1-3,8-10,13-14,18H,4-7,11H2. The second kappa shape index (κ2) is 4.98. The van der Waals surface area contributed by atoms with Gasteiger partial charge in [0.1, 0.15) is 17.3 Å². The van der Waals surface area contributed by atoms with Crippen molar-refractivity contribution < 1.29 is 9.15 Å². The van der Waals surface area contributed by atoms with Crippen molar-refractivity contribution in [3.63, 3.8) is 0 Å². The molecule has 1 N–H and O–H groups in total. The smallest absolute Gasteiger partial charge is 0.134 e. The lowest BCUT2D eigenvalue weighted by Gasteiger charge is -2.05. The first-order valence-electron chi connectivity index (χ1n) is 7.46. The molecular formula is C17H19NO2. The summed E-state index contributed by atoms with van der Waals surface area (Å²) < 4.78 is 11.7. The van der Waals surface area contributed by atoms with Crippen LogP contribution in [0.15, 0.2) is 40.8 Å². The molecule has 0 amide bonds. The lowest BCUT2D eigenvalue weighted by atomic mass is 10.1. The summed E-state index contributed by atoms with van der Waals surface area (Å²) in [4.78, 5) is 0. The van der Waals surface area contributed by atoms with Crippen molar-refractivity contribution in [2.45, 2.75) is 44.4 Å². The molecule has 20 heavy (non-hydrogen) atoms. The molecule has 0 atom stereocenters. The first-order chi connectivity index (χ1) is 9.87. The van der Waals surface area contributed by atoms with Crippen LogP contribution in [-0.2, 0) is 6.54 Å². The zero-order valence-corrected chi connectivity index (χ0v) is 11.5. The predicted octanol–water partition coefficient (Wildman–Crippen LogP) is 3.74. The molecule has 1 aromatic heterocycles. The van der Waals surface area contributed by atoms with E-state index in [9.17, 15) is 0 Å². The van der Waals surface area contributed by atoms with E-state index in [1.54, 1.807) is 0 Å². The Kier molecular flexibility index (Phi) is 3.00. The number of ether oxygens (including phenoxy) is 1. The van der Waals surface area contributed by atoms with E-state index in [2.05, 4.69) is 23.5 Å². The highest BCUT2D eigenvalue weighted by molar-refractivity contribution is 5.59. The van der Waals surface area contributed by atoms with Crippen LogP contribution in [0.1, 0.15) is 31.4 Å². The minimum Gasteiger partial charge on any atom is -0.490 e. The van der Waals surface area contributed by atoms with Gasteiger partial charge in [-0.25, -0.2) is 0 Å². The number of rotatable bonds is 6. The Labute approximate surface area is 118 Å². The van der Waals surface area contributed by atoms with E-state index in [4.69, 9.17) is 9.15 Å². The van der Waals surface area contributed by atoms with Crippen molar-refractivity contribution in [3.8, 4) is 17.1 Å². The van der Waals surface area contributed by atoms with Crippen molar-refractivity contribution in [1.29, 1.82) is 0 Å². The van der Waals surface area contributed by atoms with Gasteiger partial charge in [-0.15, -0.1) is 0 Å². The second-order valence-corrected chi connectivity index (χ2v) is 5.77. The molecule has 0 bridgehead atoms. The summed E-state index contributed by atoms with van der Waals surface area (Å²) in [5.74, 6) is 2.86. The minimum atomic E-state index is 0.431. The maximum absolute atomic E-state index is 5.91. The molecule has 0 spiro atoms. The van der Waals surface area contributed by atoms with Gasteiger partial charge in [-0.3, -0.25) is 0 Å². The van der Waals surface area contributed by atoms with E-state index < -0.39 is 0 Å². The monoisotopic (exact) mass is 269 g/mol. The molecule has 2 aliphatic rings. The minimum absolute atomic E-state index is 0.431. The highest BCUT2D eigenvalue weighted by atomic mass is 16.5. The molecule has 3 heteroatoms. The third kappa shape index (κ3) is 2.88. The fraction of sp³-hybridized carbons (Fsp3) is 0.412. The second-order valence-electron chi connectivity index (χ2n) is 5.77. The van der Waals surface area contributed by atoms with Crippen LogP contribution in [-0.4, -0.2) is 12.1 Å². The van der Waals surface area contributed by atoms with Crippen molar-refractivity contribution in [3.05, 3.63) is 42.2 Å². The third-order valence-electron chi connectivity index (χ3n) is 3.75. The molecule has 2 saturated carbocycles. The van der Waals surface area contributed by atoms with Crippen molar-refractivity contribution >= 4 is 0 Å². The fourth-order valence-electron chi connectivity index (χ4n) is 2.26. The van der Waals surface area contributed by atoms with E-state index >= 15 is 0 Å². The Morgan fingerprint density at radius 3 is 2.80 bits per heavy atom. The van der Waals surface area contributed by atoms with Crippen LogP contribution >= 0.6 is 0 Å². The summed E-state index contributed by atoms with van der Waals surface area (Å²) in [5.41, 5.74) is 1.08. The molecule has 2 fully saturated rings. The van der Waals surface area contributed by atoms with E-state index in [0.717, 1.165) is 29.4 Å². The van der Waals surface area contributed by atoms with Crippen LogP contribution in [0.25, 0.3) is 11.3 Å². The normalized spacial score (nSPS) is 18.2. The molecule has 0 radical (unpaired) electrons. The van der Waals surface area contributed by atoms with Crippen LogP contribution < -0.4 is 10.1 Å². The molecule has 1 aromatic carbocycles. The van der Waals surface area contributed by atoms with Crippen LogP contribution in [0.2, 0.25) is 0 Å². The van der Waals surface area contributed by atoms with Gasteiger partial charge in [0.2, 0.25) is 0 Å². The van der Waals surface area contributed by atoms with Gasteiger partial charge in [0.25, 0.3) is 0 Å². The lowest BCUT2D eigenvalue weighted by molar-refractivity contribution is 0.303. The van der Waals surface area contributed by atoms with Crippen LogP contribution in [0, 0.1) is 0 Å². The van der Waals surface area contributed by atoms with E-state index in [-0.39, 0.29) is 0 Å². The lowest BCUT2D eigenvalue weighted by Crippen LogP contribution is -2.14. The van der Waals surface area contributed by atoms with Gasteiger partial charge in [0, 0.05) is 11.6 Å². The Bertz CT molecular complexity index is 597. The Morgan fingerprint density at radius 2 is 2.00 bits per heavy atom. The summed E-state index contributed by atoms with van der Waals surface area (Å²) >= 11 is 0. The molecule has 2 aromatic rings. The number of hydrogen-bond acceptors (Lipinski definition) is 3. The molecule has 0 unspecified atom stereocenters. The number of nitrogens with one attached hydrogen (secondary N) is 1. The van der Waals surface area contributed by atoms with Crippen LogP contribution in [0.4, 0.5) is 0 Å². The highest BCUT2D eigenvalue weighted by Crippen LogP contribution is 2.30. The third-order valence-corrected chi connectivity index (χ3v) is 3.75. The van der Waals surface area contributed by atoms with Gasteiger partial charge in [-0.05, 0) is 49.9 Å². The van der Waals surface area contributed by atoms with Crippen molar-refractivity contribution in [1.82, 2.24) is 5.32 Å². The highest BCUT2D eigenvalue weighted by Gasteiger charge is 2.23. The van der Waals surface area contributed by atoms with Gasteiger partial charge in [-0.2, -0.15) is 0 Å². The van der Waals surface area contributed by atoms with Gasteiger partial charge in [-0.1, -0.05) is 12.1 Å². The number of hydrogen-bond donors (Lipinski definition) is 1. The largest absolute Gasteiger partial charge is 0.490 e. The topological polar surface area (TPSA) is 34.4 Å². The average molecular weight is 269 g/mol. The fourth-order valence-corrected chi connectivity index (χ4v) is 2.26. The quantitative estimate of drug-likeness (QED) is 0.867. The zero-order chi connectivity index (χ0) is 13.4. The van der Waals surface area contributed by atoms with Crippen molar-refractivity contribution in [2.75, 3.05) is 0 Å². The van der Waals surface area contributed by atoms with Crippen LogP contribution in [0.5, 0.6) is 5.75 Å². The van der Waals surface area contributed by atoms with E-state index in [0.29, 0.717) is 12.1 Å². The van der Waals surface area contributed by atoms with Gasteiger partial charge in [0.05, 0.1) is 12.6 Å². The van der Waals surface area contributed by atoms with Crippen LogP contribution in [0.3, 0.4) is 0 Å².